The number of aliphatic hydroxyl groups is 1. The SMILES string of the molecule is Cc1ccn2c(F)c(C(=O)N[C@@H](c3cccs3)C3CC(O)C3)nc2c1. The minimum atomic E-state index is -0.661. The van der Waals surface area contributed by atoms with Crippen molar-refractivity contribution >= 4 is 22.9 Å². The summed E-state index contributed by atoms with van der Waals surface area (Å²) >= 11 is 1.54. The van der Waals surface area contributed by atoms with Crippen molar-refractivity contribution < 1.29 is 14.3 Å². The van der Waals surface area contributed by atoms with Gasteiger partial charge in [0, 0.05) is 11.1 Å². The molecule has 3 heterocycles. The van der Waals surface area contributed by atoms with Crippen LogP contribution in [-0.2, 0) is 0 Å². The first-order chi connectivity index (χ1) is 12.0. The van der Waals surface area contributed by atoms with Gasteiger partial charge < -0.3 is 10.4 Å². The highest BCUT2D eigenvalue weighted by Crippen LogP contribution is 2.39. The van der Waals surface area contributed by atoms with Gasteiger partial charge in [0.05, 0.1) is 12.1 Å². The predicted molar refractivity (Wildman–Crippen MR) is 93.1 cm³/mol. The molecule has 4 rings (SSSR count). The van der Waals surface area contributed by atoms with Gasteiger partial charge in [0.15, 0.2) is 5.69 Å². The number of fused-ring (bicyclic) bond motifs is 1. The van der Waals surface area contributed by atoms with Crippen molar-refractivity contribution in [1.29, 1.82) is 0 Å². The second-order valence-corrected chi connectivity index (χ2v) is 7.51. The summed E-state index contributed by atoms with van der Waals surface area (Å²) in [6.45, 7) is 1.89. The molecule has 0 radical (unpaired) electrons. The normalized spacial score (nSPS) is 21.1. The molecule has 0 aliphatic heterocycles. The van der Waals surface area contributed by atoms with Crippen LogP contribution in [0.1, 0.15) is 39.8 Å². The number of halogens is 1. The smallest absolute Gasteiger partial charge is 0.275 e. The molecule has 1 amide bonds. The zero-order valence-electron chi connectivity index (χ0n) is 13.6. The lowest BCUT2D eigenvalue weighted by Crippen LogP contribution is -2.41. The maximum atomic E-state index is 14.6. The molecule has 1 atom stereocenters. The molecular formula is C18H18FN3O2S. The molecule has 0 saturated heterocycles. The molecule has 0 spiro atoms. The number of amides is 1. The van der Waals surface area contributed by atoms with Gasteiger partial charge in [0.25, 0.3) is 5.91 Å². The van der Waals surface area contributed by atoms with Crippen LogP contribution >= 0.6 is 11.3 Å². The summed E-state index contributed by atoms with van der Waals surface area (Å²) in [5.41, 5.74) is 1.16. The van der Waals surface area contributed by atoms with Crippen LogP contribution in [0.3, 0.4) is 0 Å². The van der Waals surface area contributed by atoms with Crippen LogP contribution in [0, 0.1) is 18.8 Å². The maximum absolute atomic E-state index is 14.6. The Hall–Kier alpha value is -2.25. The monoisotopic (exact) mass is 359 g/mol. The topological polar surface area (TPSA) is 66.6 Å². The van der Waals surface area contributed by atoms with Crippen LogP contribution in [0.25, 0.3) is 5.65 Å². The van der Waals surface area contributed by atoms with Crippen molar-refractivity contribution in [3.05, 3.63) is 57.9 Å². The Morgan fingerprint density at radius 1 is 1.48 bits per heavy atom. The van der Waals surface area contributed by atoms with Gasteiger partial charge in [-0.25, -0.2) is 4.98 Å². The van der Waals surface area contributed by atoms with Gasteiger partial charge in [-0.2, -0.15) is 4.39 Å². The molecule has 1 aliphatic carbocycles. The van der Waals surface area contributed by atoms with E-state index in [1.54, 1.807) is 29.7 Å². The van der Waals surface area contributed by atoms with E-state index in [2.05, 4.69) is 10.3 Å². The third kappa shape index (κ3) is 2.94. The number of carbonyl (C=O) groups excluding carboxylic acids is 1. The molecule has 2 N–H and O–H groups in total. The van der Waals surface area contributed by atoms with Gasteiger partial charge in [0.2, 0.25) is 5.95 Å². The molecule has 0 unspecified atom stereocenters. The lowest BCUT2D eigenvalue weighted by molar-refractivity contribution is 0.0240. The van der Waals surface area contributed by atoms with Crippen LogP contribution in [0.4, 0.5) is 4.39 Å². The Bertz CT molecular complexity index is 916. The van der Waals surface area contributed by atoms with E-state index in [0.29, 0.717) is 18.5 Å². The largest absolute Gasteiger partial charge is 0.393 e. The molecule has 1 fully saturated rings. The van der Waals surface area contributed by atoms with Crippen LogP contribution in [0.15, 0.2) is 35.8 Å². The number of thiophene rings is 1. The Morgan fingerprint density at radius 3 is 2.96 bits per heavy atom. The summed E-state index contributed by atoms with van der Waals surface area (Å²) in [6.07, 6.45) is 2.52. The molecule has 3 aromatic heterocycles. The van der Waals surface area contributed by atoms with Gasteiger partial charge >= 0.3 is 0 Å². The highest BCUT2D eigenvalue weighted by atomic mass is 32.1. The highest BCUT2D eigenvalue weighted by molar-refractivity contribution is 7.10. The minimum absolute atomic E-state index is 0.153. The molecule has 1 saturated carbocycles. The van der Waals surface area contributed by atoms with Crippen LogP contribution in [-0.4, -0.2) is 26.5 Å². The summed E-state index contributed by atoms with van der Waals surface area (Å²) in [4.78, 5) is 17.8. The Labute approximate surface area is 148 Å². The van der Waals surface area contributed by atoms with E-state index in [1.165, 1.54) is 4.40 Å². The van der Waals surface area contributed by atoms with E-state index in [0.717, 1.165) is 10.4 Å². The number of hydrogen-bond donors (Lipinski definition) is 2. The van der Waals surface area contributed by atoms with E-state index >= 15 is 0 Å². The molecular weight excluding hydrogens is 341 g/mol. The summed E-state index contributed by atoms with van der Waals surface area (Å²) in [7, 11) is 0. The van der Waals surface area contributed by atoms with E-state index in [1.807, 2.05) is 24.4 Å². The second kappa shape index (κ2) is 6.24. The number of carbonyl (C=O) groups is 1. The third-order valence-electron chi connectivity index (χ3n) is 4.70. The van der Waals surface area contributed by atoms with Crippen molar-refractivity contribution in [2.45, 2.75) is 31.9 Å². The van der Waals surface area contributed by atoms with Gasteiger partial charge in [0.1, 0.15) is 5.65 Å². The minimum Gasteiger partial charge on any atom is -0.393 e. The number of pyridine rings is 1. The molecule has 5 nitrogen and oxygen atoms in total. The molecule has 0 bridgehead atoms. The molecule has 3 aromatic rings. The van der Waals surface area contributed by atoms with E-state index in [-0.39, 0.29) is 23.8 Å². The standard InChI is InChI=1S/C18H18FN3O2S/c1-10-4-5-22-14(7-10)20-16(17(22)19)18(24)21-15(11-8-12(23)9-11)13-3-2-6-25-13/h2-7,11-12,15,23H,8-9H2,1H3,(H,21,24)/t11?,12?,15-/m1/s1. The maximum Gasteiger partial charge on any atom is 0.275 e. The van der Waals surface area contributed by atoms with Gasteiger partial charge in [-0.05, 0) is 54.8 Å². The predicted octanol–water partition coefficient (Wildman–Crippen LogP) is 3.09. The zero-order chi connectivity index (χ0) is 17.6. The summed E-state index contributed by atoms with van der Waals surface area (Å²) in [6, 6.07) is 7.14. The Kier molecular flexibility index (Phi) is 4.05. The van der Waals surface area contributed by atoms with Gasteiger partial charge in [-0.1, -0.05) is 6.07 Å². The average Bonchev–Trinajstić information content (AvgIpc) is 3.18. The number of hydrogen-bond acceptors (Lipinski definition) is 4. The lowest BCUT2D eigenvalue weighted by Gasteiger charge is -2.37. The number of imidazole rings is 1. The first kappa shape index (κ1) is 16.2. The number of nitrogens with one attached hydrogen (secondary N) is 1. The number of nitrogens with zero attached hydrogens (tertiary/aromatic N) is 2. The zero-order valence-corrected chi connectivity index (χ0v) is 14.5. The fraction of sp³-hybridized carbons (Fsp3) is 0.333. The van der Waals surface area contributed by atoms with Gasteiger partial charge in [-0.15, -0.1) is 11.3 Å². The van der Waals surface area contributed by atoms with Crippen molar-refractivity contribution in [2.24, 2.45) is 5.92 Å². The molecule has 25 heavy (non-hydrogen) atoms. The first-order valence-electron chi connectivity index (χ1n) is 8.19. The molecule has 130 valence electrons. The summed E-state index contributed by atoms with van der Waals surface area (Å²) in [5.74, 6) is -1.04. The second-order valence-electron chi connectivity index (χ2n) is 6.54. The van der Waals surface area contributed by atoms with E-state index in [9.17, 15) is 14.3 Å². The fourth-order valence-electron chi connectivity index (χ4n) is 3.26. The average molecular weight is 359 g/mol. The van der Waals surface area contributed by atoms with E-state index in [4.69, 9.17) is 0 Å². The highest BCUT2D eigenvalue weighted by Gasteiger charge is 2.37. The van der Waals surface area contributed by atoms with Crippen molar-refractivity contribution in [3.8, 4) is 0 Å². The molecule has 1 aliphatic rings. The number of aromatic nitrogens is 2. The number of aliphatic hydroxyl groups excluding tert-OH is 1. The van der Waals surface area contributed by atoms with Crippen LogP contribution in [0.2, 0.25) is 0 Å². The Balaban J connectivity index is 1.62. The fourth-order valence-corrected chi connectivity index (χ4v) is 4.13. The number of rotatable bonds is 4. The van der Waals surface area contributed by atoms with Crippen LogP contribution in [0.5, 0.6) is 0 Å². The third-order valence-corrected chi connectivity index (χ3v) is 5.65. The summed E-state index contributed by atoms with van der Waals surface area (Å²) in [5, 5.41) is 14.5. The molecule has 7 heteroatoms. The quantitative estimate of drug-likeness (QED) is 0.752. The van der Waals surface area contributed by atoms with Crippen molar-refractivity contribution in [2.75, 3.05) is 0 Å². The Morgan fingerprint density at radius 2 is 2.28 bits per heavy atom. The lowest BCUT2D eigenvalue weighted by atomic mass is 9.76. The molecule has 0 aromatic carbocycles. The van der Waals surface area contributed by atoms with Crippen molar-refractivity contribution in [3.63, 3.8) is 0 Å². The van der Waals surface area contributed by atoms with Crippen molar-refractivity contribution in [1.82, 2.24) is 14.7 Å². The van der Waals surface area contributed by atoms with E-state index < -0.39 is 11.9 Å². The van der Waals surface area contributed by atoms with Crippen LogP contribution < -0.4 is 5.32 Å². The summed E-state index contributed by atoms with van der Waals surface area (Å²) < 4.78 is 15.8. The number of aryl methyl sites for hydroxylation is 1. The van der Waals surface area contributed by atoms with Gasteiger partial charge in [-0.3, -0.25) is 9.20 Å². The first-order valence-corrected chi connectivity index (χ1v) is 9.07.